The van der Waals surface area contributed by atoms with Gasteiger partial charge in [-0.1, -0.05) is 169 Å². The summed E-state index contributed by atoms with van der Waals surface area (Å²) in [6.07, 6.45) is 35.0. The van der Waals surface area contributed by atoms with E-state index in [0.29, 0.717) is 11.8 Å². The summed E-state index contributed by atoms with van der Waals surface area (Å²) in [6, 6.07) is 0. The second kappa shape index (κ2) is 29.2. The molecule has 0 aliphatic rings. The normalized spacial score (nSPS) is 14.5. The Morgan fingerprint density at radius 3 is 1.14 bits per heavy atom. The lowest BCUT2D eigenvalue weighted by Gasteiger charge is -2.19. The largest absolute Gasteiger partial charge is 0.349 e. The van der Waals surface area contributed by atoms with Gasteiger partial charge >= 0.3 is 0 Å². The number of hydrogen-bond donors (Lipinski definition) is 0. The molecular weight excluding hydrogens is 440 g/mol. The van der Waals surface area contributed by atoms with Gasteiger partial charge in [0.15, 0.2) is 6.29 Å². The third-order valence-electron chi connectivity index (χ3n) is 7.75. The molecule has 36 heavy (non-hydrogen) atoms. The van der Waals surface area contributed by atoms with E-state index in [9.17, 15) is 0 Å². The van der Waals surface area contributed by atoms with Crippen LogP contribution in [0.2, 0.25) is 0 Å². The first-order valence-corrected chi connectivity index (χ1v) is 16.5. The van der Waals surface area contributed by atoms with Crippen LogP contribution in [-0.2, 0) is 9.47 Å². The molecule has 0 N–H and O–H groups in total. The predicted octanol–water partition coefficient (Wildman–Crippen LogP) is 11.8. The Balaban J connectivity index is 3.51. The van der Waals surface area contributed by atoms with E-state index in [4.69, 9.17) is 9.47 Å². The number of allylic oxidation sites excluding steroid dienone is 1. The molecule has 2 nitrogen and oxygen atoms in total. The number of unbranched alkanes of at least 4 members (excludes halogenated alkanes) is 19. The van der Waals surface area contributed by atoms with E-state index in [1.54, 1.807) is 0 Å². The zero-order chi connectivity index (χ0) is 26.5. The van der Waals surface area contributed by atoms with Gasteiger partial charge in [-0.15, -0.1) is 0 Å². The third-order valence-corrected chi connectivity index (χ3v) is 7.75. The number of rotatable bonds is 29. The summed E-state index contributed by atoms with van der Waals surface area (Å²) >= 11 is 0. The Hall–Kier alpha value is -0.340. The van der Waals surface area contributed by atoms with Crippen LogP contribution in [0.1, 0.15) is 176 Å². The van der Waals surface area contributed by atoms with Gasteiger partial charge in [-0.2, -0.15) is 0 Å². The highest BCUT2D eigenvalue weighted by molar-refractivity contribution is 4.85. The van der Waals surface area contributed by atoms with Crippen LogP contribution in [0.5, 0.6) is 0 Å². The van der Waals surface area contributed by atoms with E-state index >= 15 is 0 Å². The maximum atomic E-state index is 6.02. The topological polar surface area (TPSA) is 18.5 Å². The predicted molar refractivity (Wildman–Crippen MR) is 162 cm³/mol. The van der Waals surface area contributed by atoms with Crippen LogP contribution < -0.4 is 0 Å². The van der Waals surface area contributed by atoms with Crippen molar-refractivity contribution in [1.82, 2.24) is 0 Å². The molecule has 0 amide bonds. The second-order valence-corrected chi connectivity index (χ2v) is 11.6. The molecule has 0 heterocycles. The zero-order valence-corrected chi connectivity index (χ0v) is 25.7. The molecule has 0 aromatic rings. The minimum atomic E-state index is -0.173. The van der Waals surface area contributed by atoms with Gasteiger partial charge in [-0.25, -0.2) is 0 Å². The minimum absolute atomic E-state index is 0.173. The number of ether oxygens (including phenoxy) is 2. The molecule has 0 aliphatic carbocycles. The van der Waals surface area contributed by atoms with Crippen LogP contribution >= 0.6 is 0 Å². The van der Waals surface area contributed by atoms with Gasteiger partial charge in [0, 0.05) is 0 Å². The van der Waals surface area contributed by atoms with Crippen LogP contribution in [-0.4, -0.2) is 19.5 Å². The lowest BCUT2D eigenvalue weighted by Crippen LogP contribution is -2.21. The Labute approximate surface area is 228 Å². The van der Waals surface area contributed by atoms with Crippen LogP contribution in [0.3, 0.4) is 0 Å². The molecule has 0 aromatic carbocycles. The van der Waals surface area contributed by atoms with E-state index in [2.05, 4.69) is 46.8 Å². The second-order valence-electron chi connectivity index (χ2n) is 11.6. The van der Waals surface area contributed by atoms with Crippen LogP contribution in [0.25, 0.3) is 0 Å². The van der Waals surface area contributed by atoms with Crippen molar-refractivity contribution in [2.45, 2.75) is 182 Å². The van der Waals surface area contributed by atoms with Crippen molar-refractivity contribution in [2.75, 3.05) is 13.2 Å². The standard InChI is InChI=1S/C34H68O2/c1-6-9-10-11-12-13-14-15-16-17-18-19-20-21-22-23-24-25-26-27-28-29-34(35-30-32(4)7-2)36-31-33(5)8-3/h28-29,32-34H,6-27,30-31H2,1-5H3. The monoisotopic (exact) mass is 509 g/mol. The molecule has 0 fully saturated rings. The van der Waals surface area contributed by atoms with E-state index in [0.717, 1.165) is 32.5 Å². The average Bonchev–Trinajstić information content (AvgIpc) is 2.90. The molecule has 0 saturated heterocycles. The molecule has 2 heteroatoms. The Bertz CT molecular complexity index is 419. The molecule has 216 valence electrons. The summed E-state index contributed by atoms with van der Waals surface area (Å²) in [5, 5.41) is 0. The SMILES string of the molecule is CCCCCCCCCCCCCCCCCCCCCC=CC(OCC(C)CC)OCC(C)CC. The highest BCUT2D eigenvalue weighted by Crippen LogP contribution is 2.15. The average molecular weight is 509 g/mol. The van der Waals surface area contributed by atoms with Crippen LogP contribution in [0, 0.1) is 11.8 Å². The van der Waals surface area contributed by atoms with Crippen molar-refractivity contribution in [3.63, 3.8) is 0 Å². The fourth-order valence-corrected chi connectivity index (χ4v) is 4.46. The summed E-state index contributed by atoms with van der Waals surface area (Å²) in [7, 11) is 0. The van der Waals surface area contributed by atoms with Gasteiger partial charge in [-0.05, 0) is 30.8 Å². The van der Waals surface area contributed by atoms with E-state index in [1.807, 2.05) is 0 Å². The van der Waals surface area contributed by atoms with Crippen LogP contribution in [0.15, 0.2) is 12.2 Å². The Kier molecular flexibility index (Phi) is 28.9. The number of hydrogen-bond acceptors (Lipinski definition) is 2. The fourth-order valence-electron chi connectivity index (χ4n) is 4.46. The zero-order valence-electron chi connectivity index (χ0n) is 25.7. The van der Waals surface area contributed by atoms with Gasteiger partial charge in [0.2, 0.25) is 0 Å². The summed E-state index contributed by atoms with van der Waals surface area (Å²) in [6.45, 7) is 12.8. The molecule has 0 bridgehead atoms. The highest BCUT2D eigenvalue weighted by atomic mass is 16.7. The first kappa shape index (κ1) is 35.7. The van der Waals surface area contributed by atoms with Crippen molar-refractivity contribution in [2.24, 2.45) is 11.8 Å². The van der Waals surface area contributed by atoms with Crippen molar-refractivity contribution >= 4 is 0 Å². The fraction of sp³-hybridized carbons (Fsp3) is 0.941. The summed E-state index contributed by atoms with van der Waals surface area (Å²) in [5.74, 6) is 1.18. The lowest BCUT2D eigenvalue weighted by atomic mass is 10.0. The summed E-state index contributed by atoms with van der Waals surface area (Å²) < 4.78 is 12.0. The van der Waals surface area contributed by atoms with Crippen molar-refractivity contribution in [3.05, 3.63) is 12.2 Å². The van der Waals surface area contributed by atoms with Crippen molar-refractivity contribution in [1.29, 1.82) is 0 Å². The summed E-state index contributed by atoms with van der Waals surface area (Å²) in [5.41, 5.74) is 0. The molecule has 0 aliphatic heterocycles. The molecule has 2 atom stereocenters. The smallest absolute Gasteiger partial charge is 0.176 e. The first-order chi connectivity index (χ1) is 17.6. The van der Waals surface area contributed by atoms with Gasteiger partial charge in [0.25, 0.3) is 0 Å². The van der Waals surface area contributed by atoms with Gasteiger partial charge in [0.05, 0.1) is 13.2 Å². The molecule has 0 radical (unpaired) electrons. The van der Waals surface area contributed by atoms with Crippen molar-refractivity contribution < 1.29 is 9.47 Å². The van der Waals surface area contributed by atoms with Gasteiger partial charge in [0.1, 0.15) is 0 Å². The van der Waals surface area contributed by atoms with E-state index in [-0.39, 0.29) is 6.29 Å². The highest BCUT2D eigenvalue weighted by Gasteiger charge is 2.09. The Morgan fingerprint density at radius 2 is 0.806 bits per heavy atom. The molecule has 0 rings (SSSR count). The molecule has 0 saturated carbocycles. The van der Waals surface area contributed by atoms with E-state index < -0.39 is 0 Å². The van der Waals surface area contributed by atoms with Crippen LogP contribution in [0.4, 0.5) is 0 Å². The lowest BCUT2D eigenvalue weighted by molar-refractivity contribution is -0.126. The molecular formula is C34H68O2. The van der Waals surface area contributed by atoms with Gasteiger partial charge < -0.3 is 9.47 Å². The first-order valence-electron chi connectivity index (χ1n) is 16.5. The maximum absolute atomic E-state index is 6.02. The minimum Gasteiger partial charge on any atom is -0.349 e. The van der Waals surface area contributed by atoms with E-state index in [1.165, 1.54) is 122 Å². The molecule has 0 spiro atoms. The molecule has 2 unspecified atom stereocenters. The Morgan fingerprint density at radius 1 is 0.472 bits per heavy atom. The third kappa shape index (κ3) is 26.7. The van der Waals surface area contributed by atoms with Crippen molar-refractivity contribution in [3.8, 4) is 0 Å². The molecule has 0 aromatic heterocycles. The maximum Gasteiger partial charge on any atom is 0.176 e. The quantitative estimate of drug-likeness (QED) is 0.0568. The van der Waals surface area contributed by atoms with Gasteiger partial charge in [-0.3, -0.25) is 0 Å². The summed E-state index contributed by atoms with van der Waals surface area (Å²) in [4.78, 5) is 0.